The molecule has 0 saturated carbocycles. The second-order valence-corrected chi connectivity index (χ2v) is 3.04. The molecule has 1 atom stereocenters. The summed E-state index contributed by atoms with van der Waals surface area (Å²) >= 11 is 0. The molecule has 0 spiro atoms. The van der Waals surface area contributed by atoms with Crippen molar-refractivity contribution in [1.82, 2.24) is 4.90 Å². The molecule has 1 aliphatic rings. The van der Waals surface area contributed by atoms with Gasteiger partial charge in [-0.05, 0) is 6.42 Å². The highest BCUT2D eigenvalue weighted by Crippen LogP contribution is 2.18. The number of aliphatic carboxylic acids is 1. The Hall–Kier alpha value is -1.59. The van der Waals surface area contributed by atoms with Crippen molar-refractivity contribution in [3.05, 3.63) is 0 Å². The number of hydrogen-bond acceptors (Lipinski definition) is 4. The molecule has 1 fully saturated rings. The van der Waals surface area contributed by atoms with Crippen molar-refractivity contribution < 1.29 is 24.2 Å². The second kappa shape index (κ2) is 4.08. The number of piperidine rings is 1. The fourth-order valence-corrected chi connectivity index (χ4v) is 1.35. The van der Waals surface area contributed by atoms with Crippen LogP contribution in [0.2, 0.25) is 0 Å². The van der Waals surface area contributed by atoms with Crippen LogP contribution in [0.1, 0.15) is 12.8 Å². The summed E-state index contributed by atoms with van der Waals surface area (Å²) in [4.78, 5) is 33.7. The highest BCUT2D eigenvalue weighted by Gasteiger charge is 2.33. The van der Waals surface area contributed by atoms with Crippen LogP contribution in [0.15, 0.2) is 0 Å². The number of hydrogen-bond donors (Lipinski definition) is 1. The van der Waals surface area contributed by atoms with Gasteiger partial charge in [0.2, 0.25) is 5.91 Å². The molecule has 1 rings (SSSR count). The Morgan fingerprint density at radius 1 is 1.57 bits per heavy atom. The van der Waals surface area contributed by atoms with E-state index in [0.717, 1.165) is 4.90 Å². The van der Waals surface area contributed by atoms with E-state index in [1.165, 1.54) is 7.11 Å². The van der Waals surface area contributed by atoms with Crippen LogP contribution in [0.5, 0.6) is 0 Å². The Balaban J connectivity index is 2.61. The molecule has 0 radical (unpaired) electrons. The maximum atomic E-state index is 11.3. The van der Waals surface area contributed by atoms with Gasteiger partial charge in [-0.3, -0.25) is 9.59 Å². The number of nitrogens with zero attached hydrogens (tertiary/aromatic N) is 1. The fraction of sp³-hybridized carbons (Fsp3) is 0.625. The minimum atomic E-state index is -0.997. The molecule has 0 aliphatic carbocycles. The number of amides is 2. The summed E-state index contributed by atoms with van der Waals surface area (Å²) in [6, 6.07) is 0. The number of rotatable bonds is 1. The van der Waals surface area contributed by atoms with Crippen molar-refractivity contribution in [2.45, 2.75) is 12.8 Å². The van der Waals surface area contributed by atoms with E-state index in [0.29, 0.717) is 0 Å². The summed E-state index contributed by atoms with van der Waals surface area (Å²) in [6.45, 7) is 0.114. The van der Waals surface area contributed by atoms with Crippen LogP contribution < -0.4 is 0 Å². The minimum Gasteiger partial charge on any atom is -0.481 e. The maximum absolute atomic E-state index is 11.3. The lowest BCUT2D eigenvalue weighted by atomic mass is 9.97. The Kier molecular flexibility index (Phi) is 3.06. The van der Waals surface area contributed by atoms with E-state index < -0.39 is 23.9 Å². The van der Waals surface area contributed by atoms with Crippen LogP contribution in [-0.4, -0.2) is 41.6 Å². The van der Waals surface area contributed by atoms with Gasteiger partial charge in [-0.25, -0.2) is 9.69 Å². The lowest BCUT2D eigenvalue weighted by Gasteiger charge is -2.26. The maximum Gasteiger partial charge on any atom is 0.416 e. The van der Waals surface area contributed by atoms with Crippen molar-refractivity contribution in [3.63, 3.8) is 0 Å². The van der Waals surface area contributed by atoms with Crippen molar-refractivity contribution in [3.8, 4) is 0 Å². The number of methoxy groups -OCH3 is 1. The molecule has 1 unspecified atom stereocenters. The van der Waals surface area contributed by atoms with Gasteiger partial charge in [-0.1, -0.05) is 0 Å². The fourth-order valence-electron chi connectivity index (χ4n) is 1.35. The Bertz CT molecular complexity index is 275. The van der Waals surface area contributed by atoms with Gasteiger partial charge in [0.1, 0.15) is 0 Å². The summed E-state index contributed by atoms with van der Waals surface area (Å²) in [5.74, 6) is -2.17. The summed E-state index contributed by atoms with van der Waals surface area (Å²) in [7, 11) is 1.18. The zero-order valence-corrected chi connectivity index (χ0v) is 7.73. The summed E-state index contributed by atoms with van der Waals surface area (Å²) in [5, 5.41) is 8.65. The van der Waals surface area contributed by atoms with Gasteiger partial charge in [0, 0.05) is 13.0 Å². The van der Waals surface area contributed by atoms with Crippen LogP contribution >= 0.6 is 0 Å². The molecule has 1 heterocycles. The smallest absolute Gasteiger partial charge is 0.416 e. The molecule has 0 aromatic heterocycles. The highest BCUT2D eigenvalue weighted by molar-refractivity contribution is 5.94. The quantitative estimate of drug-likeness (QED) is 0.649. The van der Waals surface area contributed by atoms with Gasteiger partial charge in [0.25, 0.3) is 0 Å². The largest absolute Gasteiger partial charge is 0.481 e. The molecule has 0 aromatic rings. The van der Waals surface area contributed by atoms with Gasteiger partial charge in [0.15, 0.2) is 0 Å². The lowest BCUT2D eigenvalue weighted by molar-refractivity contribution is -0.148. The van der Waals surface area contributed by atoms with Crippen LogP contribution in [-0.2, 0) is 14.3 Å². The second-order valence-electron chi connectivity index (χ2n) is 3.04. The van der Waals surface area contributed by atoms with E-state index in [1.54, 1.807) is 0 Å². The molecular weight excluding hydrogens is 190 g/mol. The summed E-state index contributed by atoms with van der Waals surface area (Å²) in [6.07, 6.45) is -0.570. The van der Waals surface area contributed by atoms with E-state index in [9.17, 15) is 14.4 Å². The number of carbonyl (C=O) groups excluding carboxylic acids is 2. The number of imide groups is 1. The molecule has 14 heavy (non-hydrogen) atoms. The molecule has 0 aromatic carbocycles. The average molecular weight is 201 g/mol. The first-order chi connectivity index (χ1) is 6.56. The standard InChI is InChI=1S/C8H11NO5/c1-14-8(13)9-3-2-5(7(11)12)4-6(9)10/h5H,2-4H2,1H3,(H,11,12). The molecule has 1 saturated heterocycles. The number of carboxylic acids is 1. The molecule has 2 amide bonds. The number of likely N-dealkylation sites (tertiary alicyclic amines) is 1. The van der Waals surface area contributed by atoms with Gasteiger partial charge >= 0.3 is 12.1 Å². The summed E-state index contributed by atoms with van der Waals surface area (Å²) in [5.41, 5.74) is 0. The molecule has 1 N–H and O–H groups in total. The van der Waals surface area contributed by atoms with Gasteiger partial charge in [-0.2, -0.15) is 0 Å². The van der Waals surface area contributed by atoms with Gasteiger partial charge < -0.3 is 9.84 Å². The Morgan fingerprint density at radius 2 is 2.21 bits per heavy atom. The zero-order valence-electron chi connectivity index (χ0n) is 7.73. The Morgan fingerprint density at radius 3 is 2.64 bits per heavy atom. The monoisotopic (exact) mass is 201 g/mol. The number of carbonyl (C=O) groups is 3. The molecule has 6 nitrogen and oxygen atoms in total. The zero-order chi connectivity index (χ0) is 10.7. The predicted molar refractivity (Wildman–Crippen MR) is 44.5 cm³/mol. The van der Waals surface area contributed by atoms with Gasteiger partial charge in [-0.15, -0.1) is 0 Å². The topological polar surface area (TPSA) is 83.9 Å². The van der Waals surface area contributed by atoms with Crippen molar-refractivity contribution in [2.24, 2.45) is 5.92 Å². The van der Waals surface area contributed by atoms with E-state index in [2.05, 4.69) is 4.74 Å². The molecule has 0 bridgehead atoms. The SMILES string of the molecule is COC(=O)N1CCC(C(=O)O)CC1=O. The molecule has 6 heteroatoms. The first-order valence-corrected chi connectivity index (χ1v) is 4.17. The molecule has 78 valence electrons. The van der Waals surface area contributed by atoms with Crippen molar-refractivity contribution >= 4 is 18.0 Å². The molecule has 1 aliphatic heterocycles. The van der Waals surface area contributed by atoms with Crippen LogP contribution in [0.3, 0.4) is 0 Å². The van der Waals surface area contributed by atoms with Crippen molar-refractivity contribution in [1.29, 1.82) is 0 Å². The van der Waals surface area contributed by atoms with E-state index >= 15 is 0 Å². The third-order valence-corrected chi connectivity index (χ3v) is 2.17. The third-order valence-electron chi connectivity index (χ3n) is 2.17. The van der Waals surface area contributed by atoms with E-state index in [-0.39, 0.29) is 19.4 Å². The number of carboxylic acid groups (broad SMARTS) is 1. The van der Waals surface area contributed by atoms with Crippen LogP contribution in [0, 0.1) is 5.92 Å². The highest BCUT2D eigenvalue weighted by atomic mass is 16.5. The van der Waals surface area contributed by atoms with E-state index in [4.69, 9.17) is 5.11 Å². The normalized spacial score (nSPS) is 21.9. The van der Waals surface area contributed by atoms with Crippen LogP contribution in [0.25, 0.3) is 0 Å². The minimum absolute atomic E-state index is 0.114. The number of ether oxygens (including phenoxy) is 1. The first-order valence-electron chi connectivity index (χ1n) is 4.17. The van der Waals surface area contributed by atoms with Crippen molar-refractivity contribution in [2.75, 3.05) is 13.7 Å². The van der Waals surface area contributed by atoms with Crippen LogP contribution in [0.4, 0.5) is 4.79 Å². The van der Waals surface area contributed by atoms with E-state index in [1.807, 2.05) is 0 Å². The first kappa shape index (κ1) is 10.5. The lowest BCUT2D eigenvalue weighted by Crippen LogP contribution is -2.44. The predicted octanol–water partition coefficient (Wildman–Crippen LogP) is 0.0760. The Labute approximate surface area is 80.4 Å². The summed E-state index contributed by atoms with van der Waals surface area (Å²) < 4.78 is 4.37. The third kappa shape index (κ3) is 2.01. The van der Waals surface area contributed by atoms with Gasteiger partial charge in [0.05, 0.1) is 13.0 Å². The average Bonchev–Trinajstić information content (AvgIpc) is 2.16. The molecular formula is C8H11NO5.